The van der Waals surface area contributed by atoms with Gasteiger partial charge >= 0.3 is 0 Å². The largest absolute Gasteiger partial charge is 0.325 e. The lowest BCUT2D eigenvalue weighted by molar-refractivity contribution is -0.116. The number of hydrogen-bond acceptors (Lipinski definition) is 3. The second-order valence-corrected chi connectivity index (χ2v) is 10.5. The molecule has 0 saturated heterocycles. The van der Waals surface area contributed by atoms with Crippen molar-refractivity contribution >= 4 is 56.4 Å². The lowest BCUT2D eigenvalue weighted by Gasteiger charge is -2.23. The van der Waals surface area contributed by atoms with Gasteiger partial charge in [0.1, 0.15) is 0 Å². The molecule has 0 aromatic heterocycles. The third kappa shape index (κ3) is 6.03. The summed E-state index contributed by atoms with van der Waals surface area (Å²) in [6.07, 6.45) is 0. The van der Waals surface area contributed by atoms with Crippen LogP contribution in [0.5, 0.6) is 0 Å². The van der Waals surface area contributed by atoms with Crippen LogP contribution in [-0.2, 0) is 21.4 Å². The van der Waals surface area contributed by atoms with Crippen molar-refractivity contribution in [2.75, 3.05) is 11.9 Å². The molecule has 0 unspecified atom stereocenters. The third-order valence-corrected chi connectivity index (χ3v) is 7.60. The summed E-state index contributed by atoms with van der Waals surface area (Å²) in [4.78, 5) is 12.8. The highest BCUT2D eigenvalue weighted by atomic mass is 35.5. The maximum Gasteiger partial charge on any atom is 0.243 e. The molecule has 0 spiro atoms. The van der Waals surface area contributed by atoms with Crippen molar-refractivity contribution in [3.8, 4) is 0 Å². The Morgan fingerprint density at radius 1 is 0.906 bits per heavy atom. The fourth-order valence-electron chi connectivity index (χ4n) is 2.96. The number of rotatable bonds is 7. The molecule has 168 valence electrons. The third-order valence-electron chi connectivity index (χ3n) is 4.80. The Bertz CT molecular complexity index is 1250. The summed E-state index contributed by atoms with van der Waals surface area (Å²) in [5.74, 6) is -0.509. The quantitative estimate of drug-likeness (QED) is 0.417. The van der Waals surface area contributed by atoms with E-state index in [4.69, 9.17) is 34.8 Å². The summed E-state index contributed by atoms with van der Waals surface area (Å²) in [7, 11) is -3.99. The smallest absolute Gasteiger partial charge is 0.243 e. The highest BCUT2D eigenvalue weighted by molar-refractivity contribution is 7.89. The lowest BCUT2D eigenvalue weighted by atomic mass is 10.2. The zero-order valence-electron chi connectivity index (χ0n) is 17.4. The van der Waals surface area contributed by atoms with E-state index in [1.54, 1.807) is 42.5 Å². The Balaban J connectivity index is 1.91. The summed E-state index contributed by atoms with van der Waals surface area (Å²) in [5, 5.41) is 3.94. The summed E-state index contributed by atoms with van der Waals surface area (Å²) < 4.78 is 27.8. The second kappa shape index (κ2) is 10.2. The molecule has 32 heavy (non-hydrogen) atoms. The molecule has 0 radical (unpaired) electrons. The van der Waals surface area contributed by atoms with E-state index < -0.39 is 22.5 Å². The van der Waals surface area contributed by atoms with E-state index in [1.807, 2.05) is 13.8 Å². The van der Waals surface area contributed by atoms with Gasteiger partial charge in [-0.15, -0.1) is 0 Å². The van der Waals surface area contributed by atoms with E-state index in [0.717, 1.165) is 15.4 Å². The molecule has 0 heterocycles. The Morgan fingerprint density at radius 3 is 2.22 bits per heavy atom. The number of hydrogen-bond donors (Lipinski definition) is 1. The molecule has 3 aromatic rings. The van der Waals surface area contributed by atoms with E-state index in [2.05, 4.69) is 5.32 Å². The first-order valence-electron chi connectivity index (χ1n) is 9.63. The second-order valence-electron chi connectivity index (χ2n) is 7.33. The van der Waals surface area contributed by atoms with Crippen molar-refractivity contribution < 1.29 is 13.2 Å². The van der Waals surface area contributed by atoms with E-state index in [1.165, 1.54) is 18.2 Å². The predicted octanol–water partition coefficient (Wildman–Crippen LogP) is 6.09. The summed E-state index contributed by atoms with van der Waals surface area (Å²) in [6.45, 7) is 3.19. The van der Waals surface area contributed by atoms with Crippen molar-refractivity contribution in [1.82, 2.24) is 4.31 Å². The zero-order chi connectivity index (χ0) is 23.5. The molecule has 0 fully saturated rings. The Morgan fingerprint density at radius 2 is 1.59 bits per heavy atom. The molecule has 0 saturated carbocycles. The van der Waals surface area contributed by atoms with Crippen molar-refractivity contribution in [3.05, 3.63) is 92.4 Å². The van der Waals surface area contributed by atoms with Crippen LogP contribution in [0.25, 0.3) is 0 Å². The minimum atomic E-state index is -3.99. The van der Waals surface area contributed by atoms with Gasteiger partial charge in [0.05, 0.1) is 11.4 Å². The predicted molar refractivity (Wildman–Crippen MR) is 130 cm³/mol. The Hall–Kier alpha value is -2.09. The van der Waals surface area contributed by atoms with Crippen molar-refractivity contribution in [2.45, 2.75) is 25.3 Å². The fourth-order valence-corrected chi connectivity index (χ4v) is 4.98. The molecule has 0 bridgehead atoms. The molecular weight excluding hydrogens is 491 g/mol. The van der Waals surface area contributed by atoms with Gasteiger partial charge < -0.3 is 5.32 Å². The number of aryl methyl sites for hydroxylation is 2. The maximum atomic E-state index is 13.4. The molecule has 9 heteroatoms. The average molecular weight is 512 g/mol. The highest BCUT2D eigenvalue weighted by Crippen LogP contribution is 2.26. The Labute approximate surface area is 203 Å². The number of carbonyl (C=O) groups excluding carboxylic acids is 1. The summed E-state index contributed by atoms with van der Waals surface area (Å²) in [5.41, 5.74) is 2.79. The van der Waals surface area contributed by atoms with Crippen molar-refractivity contribution in [3.63, 3.8) is 0 Å². The number of anilines is 1. The Kier molecular flexibility index (Phi) is 7.85. The molecule has 1 amide bonds. The first-order chi connectivity index (χ1) is 15.1. The monoisotopic (exact) mass is 510 g/mol. The molecule has 0 aliphatic carbocycles. The first kappa shape index (κ1) is 24.6. The SMILES string of the molecule is Cc1ccc(S(=O)(=O)N(CC(=O)Nc2ccc(C)c(Cl)c2)Cc2ccc(Cl)cc2Cl)cc1. The van der Waals surface area contributed by atoms with Crippen LogP contribution in [0.2, 0.25) is 15.1 Å². The molecule has 1 N–H and O–H groups in total. The van der Waals surface area contributed by atoms with Crippen LogP contribution >= 0.6 is 34.8 Å². The molecule has 0 aliphatic heterocycles. The minimum absolute atomic E-state index is 0.0827. The van der Waals surface area contributed by atoms with Gasteiger partial charge in [0.15, 0.2) is 0 Å². The van der Waals surface area contributed by atoms with Gasteiger partial charge in [-0.1, -0.05) is 64.6 Å². The van der Waals surface area contributed by atoms with Crippen molar-refractivity contribution in [1.29, 1.82) is 0 Å². The van der Waals surface area contributed by atoms with Gasteiger partial charge in [-0.05, 0) is 61.4 Å². The average Bonchev–Trinajstić information content (AvgIpc) is 2.72. The molecule has 0 aliphatic rings. The molecule has 0 atom stereocenters. The molecular formula is C23H21Cl3N2O3S. The number of carbonyl (C=O) groups is 1. The molecule has 3 aromatic carbocycles. The van der Waals surface area contributed by atoms with Crippen LogP contribution in [0.15, 0.2) is 65.6 Å². The summed E-state index contributed by atoms with van der Waals surface area (Å²) >= 11 is 18.4. The van der Waals surface area contributed by atoms with Gasteiger partial charge in [-0.3, -0.25) is 4.79 Å². The number of amides is 1. The number of nitrogens with zero attached hydrogens (tertiary/aromatic N) is 1. The molecule has 3 rings (SSSR count). The van der Waals surface area contributed by atoms with Crippen molar-refractivity contribution in [2.24, 2.45) is 0 Å². The molecule has 5 nitrogen and oxygen atoms in total. The van der Waals surface area contributed by atoms with E-state index in [-0.39, 0.29) is 11.4 Å². The van der Waals surface area contributed by atoms with Crippen LogP contribution in [-0.4, -0.2) is 25.2 Å². The van der Waals surface area contributed by atoms with Gasteiger partial charge in [0.25, 0.3) is 0 Å². The van der Waals surface area contributed by atoms with Crippen LogP contribution in [0.3, 0.4) is 0 Å². The van der Waals surface area contributed by atoms with E-state index in [0.29, 0.717) is 26.3 Å². The topological polar surface area (TPSA) is 66.5 Å². The van der Waals surface area contributed by atoms with Crippen LogP contribution < -0.4 is 5.32 Å². The number of nitrogens with one attached hydrogen (secondary N) is 1. The maximum absolute atomic E-state index is 13.4. The van der Waals surface area contributed by atoms with Gasteiger partial charge in [0, 0.05) is 27.3 Å². The normalized spacial score (nSPS) is 11.6. The summed E-state index contributed by atoms with van der Waals surface area (Å²) in [6, 6.07) is 16.3. The fraction of sp³-hybridized carbons (Fsp3) is 0.174. The zero-order valence-corrected chi connectivity index (χ0v) is 20.5. The van der Waals surface area contributed by atoms with E-state index >= 15 is 0 Å². The van der Waals surface area contributed by atoms with Crippen LogP contribution in [0.4, 0.5) is 5.69 Å². The number of benzene rings is 3. The number of sulfonamides is 1. The highest BCUT2D eigenvalue weighted by Gasteiger charge is 2.27. The van der Waals surface area contributed by atoms with Crippen LogP contribution in [0.1, 0.15) is 16.7 Å². The van der Waals surface area contributed by atoms with Gasteiger partial charge in [-0.2, -0.15) is 4.31 Å². The standard InChI is InChI=1S/C23H21Cl3N2O3S/c1-15-3-9-20(10-4-15)32(30,31)28(13-17-6-7-18(24)11-22(17)26)14-23(29)27-19-8-5-16(2)21(25)12-19/h3-12H,13-14H2,1-2H3,(H,27,29). The first-order valence-corrected chi connectivity index (χ1v) is 12.2. The minimum Gasteiger partial charge on any atom is -0.325 e. The van der Waals surface area contributed by atoms with Crippen LogP contribution in [0, 0.1) is 13.8 Å². The van der Waals surface area contributed by atoms with E-state index in [9.17, 15) is 13.2 Å². The lowest BCUT2D eigenvalue weighted by Crippen LogP contribution is -2.37. The van der Waals surface area contributed by atoms with Gasteiger partial charge in [-0.25, -0.2) is 8.42 Å². The van der Waals surface area contributed by atoms with Gasteiger partial charge in [0.2, 0.25) is 15.9 Å². The number of halogens is 3.